The topological polar surface area (TPSA) is 20.3 Å². The van der Waals surface area contributed by atoms with Gasteiger partial charge in [0.2, 0.25) is 0 Å². The molecule has 1 heterocycles. The van der Waals surface area contributed by atoms with Gasteiger partial charge in [-0.15, -0.1) is 11.6 Å². The number of carbonyl (C=O) groups is 1. The Morgan fingerprint density at radius 2 is 2.18 bits per heavy atom. The Balaban J connectivity index is 2.05. The Bertz CT molecular complexity index is 408. The Labute approximate surface area is 112 Å². The number of carbonyl (C=O) groups excluding carboxylic acids is 1. The molecule has 2 rings (SSSR count). The lowest BCUT2D eigenvalue weighted by atomic mass is 10.1. The molecule has 1 aliphatic rings. The SMILES string of the molecule is O=C(c1ccccc1Cl)N1CCC(CCCl)C1. The van der Waals surface area contributed by atoms with E-state index in [9.17, 15) is 4.79 Å². The van der Waals surface area contributed by atoms with Crippen LogP contribution in [-0.2, 0) is 0 Å². The molecule has 1 atom stereocenters. The summed E-state index contributed by atoms with van der Waals surface area (Å²) in [6.45, 7) is 1.61. The van der Waals surface area contributed by atoms with Crippen molar-refractivity contribution in [3.05, 3.63) is 34.9 Å². The third-order valence-corrected chi connectivity index (χ3v) is 3.74. The molecule has 0 aromatic heterocycles. The number of hydrogen-bond donors (Lipinski definition) is 0. The summed E-state index contributed by atoms with van der Waals surface area (Å²) >= 11 is 11.8. The van der Waals surface area contributed by atoms with Crippen LogP contribution in [0, 0.1) is 5.92 Å². The molecule has 1 aliphatic heterocycles. The summed E-state index contributed by atoms with van der Waals surface area (Å²) in [5.74, 6) is 1.24. The highest BCUT2D eigenvalue weighted by molar-refractivity contribution is 6.33. The summed E-state index contributed by atoms with van der Waals surface area (Å²) in [5, 5.41) is 0.526. The lowest BCUT2D eigenvalue weighted by molar-refractivity contribution is 0.0787. The average Bonchev–Trinajstić information content (AvgIpc) is 2.78. The van der Waals surface area contributed by atoms with E-state index in [1.165, 1.54) is 0 Å². The van der Waals surface area contributed by atoms with Crippen molar-refractivity contribution >= 4 is 29.1 Å². The number of rotatable bonds is 3. The van der Waals surface area contributed by atoms with Crippen molar-refractivity contribution in [3.8, 4) is 0 Å². The zero-order chi connectivity index (χ0) is 12.3. The summed E-state index contributed by atoms with van der Waals surface area (Å²) in [6, 6.07) is 7.20. The largest absolute Gasteiger partial charge is 0.338 e. The van der Waals surface area contributed by atoms with E-state index in [1.807, 2.05) is 17.0 Å². The fourth-order valence-corrected chi connectivity index (χ4v) is 2.74. The second kappa shape index (κ2) is 5.74. The Kier molecular flexibility index (Phi) is 4.30. The van der Waals surface area contributed by atoms with Gasteiger partial charge in [-0.25, -0.2) is 0 Å². The third-order valence-electron chi connectivity index (χ3n) is 3.19. The molecule has 0 bridgehead atoms. The molecular formula is C13H15Cl2NO. The van der Waals surface area contributed by atoms with Crippen LogP contribution in [0.4, 0.5) is 0 Å². The fourth-order valence-electron chi connectivity index (χ4n) is 2.21. The normalized spacial score (nSPS) is 19.6. The van der Waals surface area contributed by atoms with E-state index in [0.29, 0.717) is 22.4 Å². The Morgan fingerprint density at radius 3 is 2.88 bits per heavy atom. The Hall–Kier alpha value is -0.730. The first-order valence-electron chi connectivity index (χ1n) is 5.82. The van der Waals surface area contributed by atoms with Gasteiger partial charge in [-0.05, 0) is 30.9 Å². The van der Waals surface area contributed by atoms with Gasteiger partial charge in [0.1, 0.15) is 0 Å². The maximum Gasteiger partial charge on any atom is 0.255 e. The molecule has 0 radical (unpaired) electrons. The second-order valence-electron chi connectivity index (χ2n) is 4.36. The second-order valence-corrected chi connectivity index (χ2v) is 5.15. The quantitative estimate of drug-likeness (QED) is 0.772. The molecule has 0 N–H and O–H groups in total. The lowest BCUT2D eigenvalue weighted by Crippen LogP contribution is -2.28. The van der Waals surface area contributed by atoms with Crippen LogP contribution in [0.2, 0.25) is 5.02 Å². The summed E-state index contributed by atoms with van der Waals surface area (Å²) in [5.41, 5.74) is 0.598. The predicted molar refractivity (Wildman–Crippen MR) is 70.8 cm³/mol. The van der Waals surface area contributed by atoms with E-state index >= 15 is 0 Å². The van der Waals surface area contributed by atoms with E-state index in [-0.39, 0.29) is 5.91 Å². The fraction of sp³-hybridized carbons (Fsp3) is 0.462. The van der Waals surface area contributed by atoms with Crippen LogP contribution in [0.25, 0.3) is 0 Å². The third kappa shape index (κ3) is 2.93. The molecule has 1 amide bonds. The highest BCUT2D eigenvalue weighted by atomic mass is 35.5. The van der Waals surface area contributed by atoms with Crippen LogP contribution in [0.5, 0.6) is 0 Å². The predicted octanol–water partition coefficient (Wildman–Crippen LogP) is 3.43. The maximum absolute atomic E-state index is 12.2. The number of halogens is 2. The van der Waals surface area contributed by atoms with Gasteiger partial charge in [0.05, 0.1) is 10.6 Å². The van der Waals surface area contributed by atoms with Crippen molar-refractivity contribution in [1.29, 1.82) is 0 Å². The zero-order valence-corrected chi connectivity index (χ0v) is 11.0. The maximum atomic E-state index is 12.2. The van der Waals surface area contributed by atoms with Gasteiger partial charge in [-0.3, -0.25) is 4.79 Å². The molecule has 1 saturated heterocycles. The highest BCUT2D eigenvalue weighted by Crippen LogP contribution is 2.24. The first kappa shape index (κ1) is 12.7. The zero-order valence-electron chi connectivity index (χ0n) is 9.53. The van der Waals surface area contributed by atoms with Crippen LogP contribution in [0.3, 0.4) is 0 Å². The number of amides is 1. The van der Waals surface area contributed by atoms with Crippen molar-refractivity contribution in [2.75, 3.05) is 19.0 Å². The highest BCUT2D eigenvalue weighted by Gasteiger charge is 2.27. The van der Waals surface area contributed by atoms with Crippen LogP contribution >= 0.6 is 23.2 Å². The van der Waals surface area contributed by atoms with E-state index < -0.39 is 0 Å². The molecular weight excluding hydrogens is 257 g/mol. The van der Waals surface area contributed by atoms with Gasteiger partial charge in [0, 0.05) is 19.0 Å². The van der Waals surface area contributed by atoms with Gasteiger partial charge in [0.15, 0.2) is 0 Å². The van der Waals surface area contributed by atoms with Gasteiger partial charge in [-0.2, -0.15) is 0 Å². The van der Waals surface area contributed by atoms with Gasteiger partial charge >= 0.3 is 0 Å². The van der Waals surface area contributed by atoms with E-state index in [0.717, 1.165) is 25.9 Å². The standard InChI is InChI=1S/C13H15Cl2NO/c14-7-5-10-6-8-16(9-10)13(17)11-3-1-2-4-12(11)15/h1-4,10H,5-9H2. The molecule has 1 unspecified atom stereocenters. The van der Waals surface area contributed by atoms with Crippen LogP contribution in [-0.4, -0.2) is 29.8 Å². The molecule has 92 valence electrons. The lowest BCUT2D eigenvalue weighted by Gasteiger charge is -2.17. The summed E-state index contributed by atoms with van der Waals surface area (Å²) < 4.78 is 0. The molecule has 1 aromatic rings. The summed E-state index contributed by atoms with van der Waals surface area (Å²) in [7, 11) is 0. The average molecular weight is 272 g/mol. The molecule has 1 fully saturated rings. The first-order chi connectivity index (χ1) is 8.22. The molecule has 17 heavy (non-hydrogen) atoms. The van der Waals surface area contributed by atoms with Gasteiger partial charge in [-0.1, -0.05) is 23.7 Å². The first-order valence-corrected chi connectivity index (χ1v) is 6.73. The molecule has 1 aromatic carbocycles. The van der Waals surface area contributed by atoms with Crippen molar-refractivity contribution in [2.24, 2.45) is 5.92 Å². The molecule has 0 saturated carbocycles. The monoisotopic (exact) mass is 271 g/mol. The molecule has 0 spiro atoms. The van der Waals surface area contributed by atoms with E-state index in [4.69, 9.17) is 23.2 Å². The summed E-state index contributed by atoms with van der Waals surface area (Å²) in [4.78, 5) is 14.1. The van der Waals surface area contributed by atoms with E-state index in [1.54, 1.807) is 12.1 Å². The smallest absolute Gasteiger partial charge is 0.255 e. The van der Waals surface area contributed by atoms with Gasteiger partial charge < -0.3 is 4.90 Å². The van der Waals surface area contributed by atoms with Crippen molar-refractivity contribution < 1.29 is 4.79 Å². The van der Waals surface area contributed by atoms with Gasteiger partial charge in [0.25, 0.3) is 5.91 Å². The van der Waals surface area contributed by atoms with Crippen molar-refractivity contribution in [1.82, 2.24) is 4.90 Å². The number of likely N-dealkylation sites (tertiary alicyclic amines) is 1. The minimum Gasteiger partial charge on any atom is -0.338 e. The molecule has 2 nitrogen and oxygen atoms in total. The minimum absolute atomic E-state index is 0.0349. The number of benzene rings is 1. The number of alkyl halides is 1. The van der Waals surface area contributed by atoms with Crippen molar-refractivity contribution in [2.45, 2.75) is 12.8 Å². The molecule has 0 aliphatic carbocycles. The minimum atomic E-state index is 0.0349. The number of nitrogens with zero attached hydrogens (tertiary/aromatic N) is 1. The van der Waals surface area contributed by atoms with Crippen LogP contribution in [0.15, 0.2) is 24.3 Å². The van der Waals surface area contributed by atoms with Crippen molar-refractivity contribution in [3.63, 3.8) is 0 Å². The van der Waals surface area contributed by atoms with Crippen LogP contribution in [0.1, 0.15) is 23.2 Å². The summed E-state index contributed by atoms with van der Waals surface area (Å²) in [6.07, 6.45) is 2.02. The number of hydrogen-bond acceptors (Lipinski definition) is 1. The van der Waals surface area contributed by atoms with E-state index in [2.05, 4.69) is 0 Å². The van der Waals surface area contributed by atoms with Crippen LogP contribution < -0.4 is 0 Å². The Morgan fingerprint density at radius 1 is 1.41 bits per heavy atom. The molecule has 4 heteroatoms.